The molecule has 276 valence electrons. The van der Waals surface area contributed by atoms with Crippen molar-refractivity contribution in [2.75, 3.05) is 4.90 Å². The van der Waals surface area contributed by atoms with Gasteiger partial charge < -0.3 is 9.32 Å². The Morgan fingerprint density at radius 2 is 0.845 bits per heavy atom. The van der Waals surface area contributed by atoms with Gasteiger partial charge in [0.15, 0.2) is 0 Å². The van der Waals surface area contributed by atoms with E-state index in [1.807, 2.05) is 0 Å². The van der Waals surface area contributed by atoms with Crippen molar-refractivity contribution in [2.45, 2.75) is 12.8 Å². The van der Waals surface area contributed by atoms with Crippen molar-refractivity contribution in [3.05, 3.63) is 235 Å². The van der Waals surface area contributed by atoms with Gasteiger partial charge in [-0.25, -0.2) is 0 Å². The molecule has 0 fully saturated rings. The molecule has 0 bridgehead atoms. The summed E-state index contributed by atoms with van der Waals surface area (Å²) in [6, 6.07) is 77.4. The van der Waals surface area contributed by atoms with E-state index in [-0.39, 0.29) is 8.85 Å². The van der Waals surface area contributed by atoms with Crippen LogP contribution >= 0.6 is 0 Å². The van der Waals surface area contributed by atoms with Gasteiger partial charge in [0.2, 0.25) is 0 Å². The first-order valence-electron chi connectivity index (χ1n) is 19.7. The SMILES string of the molecule is C.[HH].c1ccc(-c2ccc(N(c3ccc(-c4ccccc4)cc3)c3cccc4c3-c3ccccc3C43c4ccccc4-c4c3ccc3oc5ccccc5c43)cc2)cc1. The first-order valence-corrected chi connectivity index (χ1v) is 19.7. The molecule has 0 saturated heterocycles. The lowest BCUT2D eigenvalue weighted by Gasteiger charge is -2.32. The predicted molar refractivity (Wildman–Crippen MR) is 244 cm³/mol. The molecular weight excluding hydrogens is 703 g/mol. The Balaban J connectivity index is 0.00000210. The quantitative estimate of drug-likeness (QED) is 0.175. The van der Waals surface area contributed by atoms with Crippen molar-refractivity contribution in [1.29, 1.82) is 0 Å². The highest BCUT2D eigenvalue weighted by Gasteiger charge is 2.53. The Hall–Kier alpha value is -7.42. The van der Waals surface area contributed by atoms with Crippen molar-refractivity contribution in [1.82, 2.24) is 0 Å². The van der Waals surface area contributed by atoms with Crippen LogP contribution < -0.4 is 4.90 Å². The Morgan fingerprint density at radius 1 is 0.362 bits per heavy atom. The second-order valence-corrected chi connectivity index (χ2v) is 15.2. The minimum atomic E-state index is -0.513. The third-order valence-electron chi connectivity index (χ3n) is 12.3. The van der Waals surface area contributed by atoms with Crippen molar-refractivity contribution < 1.29 is 5.84 Å². The minimum absolute atomic E-state index is 0. The highest BCUT2D eigenvalue weighted by molar-refractivity contribution is 6.16. The zero-order valence-corrected chi connectivity index (χ0v) is 31.1. The zero-order valence-electron chi connectivity index (χ0n) is 31.1. The molecule has 2 heteroatoms. The van der Waals surface area contributed by atoms with Crippen molar-refractivity contribution in [2.24, 2.45) is 0 Å². The van der Waals surface area contributed by atoms with Crippen LogP contribution in [0, 0.1) is 0 Å². The summed E-state index contributed by atoms with van der Waals surface area (Å²) in [5.74, 6) is 0. The lowest BCUT2D eigenvalue weighted by atomic mass is 9.70. The lowest BCUT2D eigenvalue weighted by Crippen LogP contribution is -2.26. The van der Waals surface area contributed by atoms with Crippen LogP contribution in [0.2, 0.25) is 0 Å². The summed E-state index contributed by atoms with van der Waals surface area (Å²) >= 11 is 0. The summed E-state index contributed by atoms with van der Waals surface area (Å²) in [6.45, 7) is 0. The van der Waals surface area contributed by atoms with E-state index in [0.717, 1.165) is 33.6 Å². The van der Waals surface area contributed by atoms with Crippen LogP contribution in [0.4, 0.5) is 17.1 Å². The molecule has 0 aliphatic heterocycles. The molecule has 2 aliphatic carbocycles. The van der Waals surface area contributed by atoms with Crippen LogP contribution in [0.25, 0.3) is 66.4 Å². The van der Waals surface area contributed by atoms with Crippen LogP contribution in [0.1, 0.15) is 31.1 Å². The van der Waals surface area contributed by atoms with Gasteiger partial charge in [0, 0.05) is 29.1 Å². The zero-order chi connectivity index (χ0) is 37.5. The first kappa shape index (κ1) is 33.9. The molecule has 2 nitrogen and oxygen atoms in total. The normalized spacial score (nSPS) is 14.5. The van der Waals surface area contributed by atoms with Gasteiger partial charge in [-0.15, -0.1) is 0 Å². The number of nitrogens with zero attached hydrogens (tertiary/aromatic N) is 1. The van der Waals surface area contributed by atoms with Gasteiger partial charge in [0.25, 0.3) is 0 Å². The van der Waals surface area contributed by atoms with E-state index >= 15 is 0 Å². The van der Waals surface area contributed by atoms with Gasteiger partial charge in [-0.2, -0.15) is 0 Å². The molecular formula is C56H41NO. The maximum atomic E-state index is 6.50. The maximum absolute atomic E-state index is 6.50. The Bertz CT molecular complexity index is 3080. The molecule has 0 saturated carbocycles. The molecule has 9 aromatic carbocycles. The highest BCUT2D eigenvalue weighted by Crippen LogP contribution is 2.66. The van der Waals surface area contributed by atoms with E-state index in [9.17, 15) is 0 Å². The van der Waals surface area contributed by atoms with E-state index in [4.69, 9.17) is 4.42 Å². The first-order chi connectivity index (χ1) is 28.3. The predicted octanol–water partition coefficient (Wildman–Crippen LogP) is 15.6. The average molecular weight is 744 g/mol. The van der Waals surface area contributed by atoms with Crippen molar-refractivity contribution >= 4 is 39.0 Å². The Kier molecular flexibility index (Phi) is 7.64. The van der Waals surface area contributed by atoms with E-state index < -0.39 is 5.41 Å². The summed E-state index contributed by atoms with van der Waals surface area (Å²) in [6.07, 6.45) is 0. The summed E-state index contributed by atoms with van der Waals surface area (Å²) < 4.78 is 6.50. The molecule has 1 atom stereocenters. The molecule has 2 aliphatic rings. The summed E-state index contributed by atoms with van der Waals surface area (Å²) in [5.41, 5.74) is 19.8. The van der Waals surface area contributed by atoms with Gasteiger partial charge in [-0.05, 0) is 104 Å². The molecule has 1 unspecified atom stereocenters. The molecule has 0 N–H and O–H groups in total. The van der Waals surface area contributed by atoms with Gasteiger partial charge in [-0.3, -0.25) is 0 Å². The van der Waals surface area contributed by atoms with E-state index in [1.165, 1.54) is 72.1 Å². The Morgan fingerprint density at radius 3 is 1.47 bits per heavy atom. The molecule has 1 spiro atoms. The van der Waals surface area contributed by atoms with Crippen LogP contribution in [0.3, 0.4) is 0 Å². The number of rotatable bonds is 5. The number of para-hydroxylation sites is 1. The second-order valence-electron chi connectivity index (χ2n) is 15.2. The van der Waals surface area contributed by atoms with Crippen LogP contribution in [0.15, 0.2) is 217 Å². The fourth-order valence-electron chi connectivity index (χ4n) is 9.95. The lowest BCUT2D eigenvalue weighted by molar-refractivity contribution is 0.668. The fourth-order valence-corrected chi connectivity index (χ4v) is 9.95. The maximum Gasteiger partial charge on any atom is 0.136 e. The smallest absolute Gasteiger partial charge is 0.136 e. The summed E-state index contributed by atoms with van der Waals surface area (Å²) in [4.78, 5) is 2.45. The monoisotopic (exact) mass is 743 g/mol. The van der Waals surface area contributed by atoms with Gasteiger partial charge in [0.05, 0.1) is 11.1 Å². The molecule has 1 heterocycles. The number of furan rings is 1. The minimum Gasteiger partial charge on any atom is -0.456 e. The Labute approximate surface area is 340 Å². The second kappa shape index (κ2) is 13.1. The van der Waals surface area contributed by atoms with E-state index in [0.29, 0.717) is 0 Å². The summed E-state index contributed by atoms with van der Waals surface area (Å²) in [5, 5.41) is 2.34. The third-order valence-corrected chi connectivity index (χ3v) is 12.3. The summed E-state index contributed by atoms with van der Waals surface area (Å²) in [7, 11) is 0. The van der Waals surface area contributed by atoms with Crippen molar-refractivity contribution in [3.63, 3.8) is 0 Å². The number of benzene rings is 9. The van der Waals surface area contributed by atoms with Gasteiger partial charge in [0.1, 0.15) is 11.2 Å². The fraction of sp³-hybridized carbons (Fsp3) is 0.0357. The number of fused-ring (bicyclic) bond motifs is 14. The van der Waals surface area contributed by atoms with Gasteiger partial charge in [-0.1, -0.05) is 177 Å². The molecule has 0 amide bonds. The van der Waals surface area contributed by atoms with Gasteiger partial charge >= 0.3 is 0 Å². The van der Waals surface area contributed by atoms with Crippen LogP contribution in [0.5, 0.6) is 0 Å². The molecule has 0 radical (unpaired) electrons. The topological polar surface area (TPSA) is 16.4 Å². The number of anilines is 3. The number of hydrogen-bond acceptors (Lipinski definition) is 2. The molecule has 12 rings (SSSR count). The van der Waals surface area contributed by atoms with Crippen molar-refractivity contribution in [3.8, 4) is 44.5 Å². The number of hydrogen-bond donors (Lipinski definition) is 0. The molecule has 1 aromatic heterocycles. The highest BCUT2D eigenvalue weighted by atomic mass is 16.3. The average Bonchev–Trinajstić information content (AvgIpc) is 3.92. The largest absolute Gasteiger partial charge is 0.456 e. The standard InChI is InChI=1S/C55H35NO.CH4.H2/c1-3-14-36(15-4-1)38-26-30-40(31-27-38)56(41-32-28-39(29-33-41)37-16-5-2-6-17-37)49-24-13-23-47-52(49)42-18-7-10-21-45(42)55(47)46-22-11-8-19-43(46)53-48(55)34-35-51-54(53)44-20-9-12-25-50(44)57-51;;/h1-35H;1H4;1H. The van der Waals surface area contributed by atoms with Crippen LogP contribution in [-0.2, 0) is 5.41 Å². The third kappa shape index (κ3) is 4.72. The van der Waals surface area contributed by atoms with E-state index in [2.05, 4.69) is 217 Å². The molecule has 10 aromatic rings. The molecule has 58 heavy (non-hydrogen) atoms. The van der Waals surface area contributed by atoms with E-state index in [1.54, 1.807) is 0 Å². The van der Waals surface area contributed by atoms with Crippen LogP contribution in [-0.4, -0.2) is 0 Å².